The average molecular weight is 262 g/mol. The predicted molar refractivity (Wildman–Crippen MR) is 69.5 cm³/mol. The smallest absolute Gasteiger partial charge is 0.321 e. The number of nitriles is 1. The molecule has 1 atom stereocenters. The van der Waals surface area contributed by atoms with E-state index in [1.54, 1.807) is 14.0 Å². The van der Waals surface area contributed by atoms with Gasteiger partial charge < -0.3 is 10.2 Å². The number of benzene rings is 1. The maximum absolute atomic E-state index is 11.8. The summed E-state index contributed by atoms with van der Waals surface area (Å²) in [6.07, 6.45) is 0. The molecule has 7 heteroatoms. The summed E-state index contributed by atoms with van der Waals surface area (Å²) in [5, 5.41) is 21.7. The number of nitrogens with one attached hydrogen (secondary N) is 1. The molecule has 0 aliphatic rings. The lowest BCUT2D eigenvalue weighted by molar-refractivity contribution is -0.384. The third kappa shape index (κ3) is 4.27. The van der Waals surface area contributed by atoms with Gasteiger partial charge in [0.15, 0.2) is 0 Å². The molecule has 0 saturated carbocycles. The molecule has 1 N–H and O–H groups in total. The summed E-state index contributed by atoms with van der Waals surface area (Å²) in [5.41, 5.74) is 0.427. The standard InChI is InChI=1S/C12H14N4O3/c1-9(7-13)8-15(2)12(17)14-10-3-5-11(6-4-10)16(18)19/h3-6,9H,8H2,1-2H3,(H,14,17). The number of rotatable bonds is 4. The van der Waals surface area contributed by atoms with Crippen LogP contribution >= 0.6 is 0 Å². The second-order valence-corrected chi connectivity index (χ2v) is 4.14. The predicted octanol–water partition coefficient (Wildman–Crippen LogP) is 2.22. The Hall–Kier alpha value is -2.62. The maximum Gasteiger partial charge on any atom is 0.321 e. The summed E-state index contributed by atoms with van der Waals surface area (Å²) in [6.45, 7) is 2.03. The van der Waals surface area contributed by atoms with Gasteiger partial charge in [-0.3, -0.25) is 10.1 Å². The monoisotopic (exact) mass is 262 g/mol. The Morgan fingerprint density at radius 2 is 2.11 bits per heavy atom. The molecule has 0 aliphatic carbocycles. The van der Waals surface area contributed by atoms with Gasteiger partial charge in [0.2, 0.25) is 0 Å². The third-order valence-electron chi connectivity index (χ3n) is 2.44. The molecule has 1 aromatic carbocycles. The first kappa shape index (κ1) is 14.4. The quantitative estimate of drug-likeness (QED) is 0.664. The fourth-order valence-corrected chi connectivity index (χ4v) is 1.42. The zero-order valence-corrected chi connectivity index (χ0v) is 10.7. The van der Waals surface area contributed by atoms with Crippen LogP contribution in [0.25, 0.3) is 0 Å². The Balaban J connectivity index is 2.62. The number of nitrogens with zero attached hydrogens (tertiary/aromatic N) is 3. The SMILES string of the molecule is CC(C#N)CN(C)C(=O)Nc1ccc([N+](=O)[O-])cc1. The molecule has 19 heavy (non-hydrogen) atoms. The Kier molecular flexibility index (Phi) is 4.83. The van der Waals surface area contributed by atoms with Crippen molar-refractivity contribution in [2.45, 2.75) is 6.92 Å². The summed E-state index contributed by atoms with van der Waals surface area (Å²) in [7, 11) is 1.58. The first-order chi connectivity index (χ1) is 8.93. The number of amides is 2. The molecule has 1 aromatic rings. The molecule has 0 heterocycles. The molecule has 0 saturated heterocycles. The van der Waals surface area contributed by atoms with Gasteiger partial charge in [-0.15, -0.1) is 0 Å². The van der Waals surface area contributed by atoms with Crippen LogP contribution in [0.15, 0.2) is 24.3 Å². The minimum Gasteiger partial charge on any atom is -0.326 e. The molecule has 0 spiro atoms. The van der Waals surface area contributed by atoms with Crippen molar-refractivity contribution in [1.29, 1.82) is 5.26 Å². The van der Waals surface area contributed by atoms with Crippen molar-refractivity contribution in [1.82, 2.24) is 4.90 Å². The van der Waals surface area contributed by atoms with Crippen molar-refractivity contribution in [2.24, 2.45) is 5.92 Å². The van der Waals surface area contributed by atoms with Crippen molar-refractivity contribution in [3.05, 3.63) is 34.4 Å². The fourth-order valence-electron chi connectivity index (χ4n) is 1.42. The van der Waals surface area contributed by atoms with Crippen molar-refractivity contribution < 1.29 is 9.72 Å². The Morgan fingerprint density at radius 3 is 2.58 bits per heavy atom. The molecule has 1 rings (SSSR count). The number of carbonyl (C=O) groups is 1. The Labute approximate surface area is 110 Å². The van der Waals surface area contributed by atoms with Gasteiger partial charge in [0, 0.05) is 31.4 Å². The highest BCUT2D eigenvalue weighted by atomic mass is 16.6. The van der Waals surface area contributed by atoms with Gasteiger partial charge in [-0.25, -0.2) is 4.79 Å². The molecule has 1 unspecified atom stereocenters. The highest BCUT2D eigenvalue weighted by Gasteiger charge is 2.12. The maximum atomic E-state index is 11.8. The van der Waals surface area contributed by atoms with Crippen molar-refractivity contribution >= 4 is 17.4 Å². The zero-order chi connectivity index (χ0) is 14.4. The second-order valence-electron chi connectivity index (χ2n) is 4.14. The van der Waals surface area contributed by atoms with E-state index in [4.69, 9.17) is 5.26 Å². The van der Waals surface area contributed by atoms with Crippen LogP contribution in [0.1, 0.15) is 6.92 Å². The van der Waals surface area contributed by atoms with Gasteiger partial charge in [-0.1, -0.05) is 0 Å². The van der Waals surface area contributed by atoms with Gasteiger partial charge >= 0.3 is 6.03 Å². The molecule has 0 fully saturated rings. The number of hydrogen-bond donors (Lipinski definition) is 1. The van der Waals surface area contributed by atoms with Crippen LogP contribution in [0.5, 0.6) is 0 Å². The number of nitro benzene ring substituents is 1. The summed E-state index contributed by atoms with van der Waals surface area (Å²) in [6, 6.07) is 7.21. The van der Waals surface area contributed by atoms with E-state index >= 15 is 0 Å². The van der Waals surface area contributed by atoms with Gasteiger partial charge in [0.1, 0.15) is 0 Å². The van der Waals surface area contributed by atoms with Gasteiger partial charge in [-0.05, 0) is 19.1 Å². The lowest BCUT2D eigenvalue weighted by atomic mass is 10.2. The van der Waals surface area contributed by atoms with Crippen LogP contribution in [-0.4, -0.2) is 29.4 Å². The van der Waals surface area contributed by atoms with Crippen LogP contribution in [-0.2, 0) is 0 Å². The first-order valence-electron chi connectivity index (χ1n) is 5.60. The van der Waals surface area contributed by atoms with Gasteiger partial charge in [0.25, 0.3) is 5.69 Å². The molecule has 7 nitrogen and oxygen atoms in total. The van der Waals surface area contributed by atoms with Crippen molar-refractivity contribution in [2.75, 3.05) is 18.9 Å². The number of carbonyl (C=O) groups excluding carboxylic acids is 1. The molecule has 2 amide bonds. The molecule has 0 bridgehead atoms. The van der Waals surface area contributed by atoms with E-state index in [9.17, 15) is 14.9 Å². The largest absolute Gasteiger partial charge is 0.326 e. The van der Waals surface area contributed by atoms with Crippen molar-refractivity contribution in [3.63, 3.8) is 0 Å². The molecule has 0 aromatic heterocycles. The van der Waals surface area contributed by atoms with E-state index < -0.39 is 4.92 Å². The number of hydrogen-bond acceptors (Lipinski definition) is 4. The van der Waals surface area contributed by atoms with E-state index in [0.29, 0.717) is 12.2 Å². The highest BCUT2D eigenvalue weighted by molar-refractivity contribution is 5.89. The van der Waals surface area contributed by atoms with E-state index in [1.165, 1.54) is 29.2 Å². The zero-order valence-electron chi connectivity index (χ0n) is 10.7. The number of urea groups is 1. The summed E-state index contributed by atoms with van der Waals surface area (Å²) < 4.78 is 0. The van der Waals surface area contributed by atoms with Gasteiger partial charge in [-0.2, -0.15) is 5.26 Å². The normalized spacial score (nSPS) is 11.2. The topological polar surface area (TPSA) is 99.3 Å². The van der Waals surface area contributed by atoms with E-state index in [1.807, 2.05) is 6.07 Å². The van der Waals surface area contributed by atoms with E-state index in [2.05, 4.69) is 5.32 Å². The lowest BCUT2D eigenvalue weighted by Crippen LogP contribution is -2.34. The van der Waals surface area contributed by atoms with Crippen LogP contribution in [0.3, 0.4) is 0 Å². The lowest BCUT2D eigenvalue weighted by Gasteiger charge is -2.18. The van der Waals surface area contributed by atoms with Crippen LogP contribution < -0.4 is 5.32 Å². The summed E-state index contributed by atoms with van der Waals surface area (Å²) in [5.74, 6) is -0.257. The van der Waals surface area contributed by atoms with E-state index in [-0.39, 0.29) is 17.6 Å². The summed E-state index contributed by atoms with van der Waals surface area (Å²) >= 11 is 0. The average Bonchev–Trinajstić information content (AvgIpc) is 2.38. The summed E-state index contributed by atoms with van der Waals surface area (Å²) in [4.78, 5) is 23.1. The van der Waals surface area contributed by atoms with Crippen LogP contribution in [0.4, 0.5) is 16.2 Å². The second kappa shape index (κ2) is 6.35. The van der Waals surface area contributed by atoms with Crippen molar-refractivity contribution in [3.8, 4) is 6.07 Å². The molecule has 100 valence electrons. The number of non-ortho nitro benzene ring substituents is 1. The third-order valence-corrected chi connectivity index (χ3v) is 2.44. The first-order valence-corrected chi connectivity index (χ1v) is 5.60. The van der Waals surface area contributed by atoms with Crippen LogP contribution in [0, 0.1) is 27.4 Å². The minimum atomic E-state index is -0.508. The fraction of sp³-hybridized carbons (Fsp3) is 0.333. The minimum absolute atomic E-state index is 0.0375. The highest BCUT2D eigenvalue weighted by Crippen LogP contribution is 2.15. The Bertz CT molecular complexity index is 507. The Morgan fingerprint density at radius 1 is 1.53 bits per heavy atom. The number of anilines is 1. The molecular weight excluding hydrogens is 248 g/mol. The van der Waals surface area contributed by atoms with Gasteiger partial charge in [0.05, 0.1) is 16.9 Å². The van der Waals surface area contributed by atoms with Crippen LogP contribution in [0.2, 0.25) is 0 Å². The molecular formula is C12H14N4O3. The molecule has 0 aliphatic heterocycles. The molecule has 0 radical (unpaired) electrons. The van der Waals surface area contributed by atoms with E-state index in [0.717, 1.165) is 0 Å². The number of nitro groups is 1.